The molecule has 5 nitrogen and oxygen atoms in total. The van der Waals surface area contributed by atoms with Gasteiger partial charge < -0.3 is 16.3 Å². The summed E-state index contributed by atoms with van der Waals surface area (Å²) >= 11 is 0. The highest BCUT2D eigenvalue weighted by Crippen LogP contribution is 2.14. The Bertz CT molecular complexity index is 469. The third kappa shape index (κ3) is 4.91. The SMILES string of the molecule is CC(C(=O)NC(C)(C)CCc1ccccc1)/C(N)=N/O. The van der Waals surface area contributed by atoms with Crippen molar-refractivity contribution < 1.29 is 10.0 Å². The molecular weight excluding hydrogens is 254 g/mol. The smallest absolute Gasteiger partial charge is 0.230 e. The Kier molecular flexibility index (Phi) is 5.55. The lowest BCUT2D eigenvalue weighted by Crippen LogP contribution is -2.48. The Morgan fingerprint density at radius 2 is 2.00 bits per heavy atom. The lowest BCUT2D eigenvalue weighted by atomic mass is 9.94. The topological polar surface area (TPSA) is 87.7 Å². The number of oxime groups is 1. The first kappa shape index (κ1) is 16.0. The number of carbonyl (C=O) groups is 1. The number of hydrogen-bond donors (Lipinski definition) is 3. The summed E-state index contributed by atoms with van der Waals surface area (Å²) in [5.41, 5.74) is 6.33. The molecule has 0 aromatic heterocycles. The summed E-state index contributed by atoms with van der Waals surface area (Å²) in [6.07, 6.45) is 1.69. The molecule has 1 amide bonds. The minimum absolute atomic E-state index is 0.0821. The van der Waals surface area contributed by atoms with E-state index in [4.69, 9.17) is 10.9 Å². The number of nitrogens with one attached hydrogen (secondary N) is 1. The monoisotopic (exact) mass is 277 g/mol. The van der Waals surface area contributed by atoms with E-state index in [-0.39, 0.29) is 17.3 Å². The van der Waals surface area contributed by atoms with Crippen LogP contribution >= 0.6 is 0 Å². The zero-order valence-corrected chi connectivity index (χ0v) is 12.3. The number of amides is 1. The number of carbonyl (C=O) groups excluding carboxylic acids is 1. The van der Waals surface area contributed by atoms with Crippen LogP contribution in [0.3, 0.4) is 0 Å². The highest BCUT2D eigenvalue weighted by Gasteiger charge is 2.25. The highest BCUT2D eigenvalue weighted by molar-refractivity contribution is 6.01. The minimum Gasteiger partial charge on any atom is -0.409 e. The first-order valence-corrected chi connectivity index (χ1v) is 6.69. The average Bonchev–Trinajstić information content (AvgIpc) is 2.44. The molecule has 110 valence electrons. The van der Waals surface area contributed by atoms with Gasteiger partial charge in [-0.3, -0.25) is 4.79 Å². The normalized spacial score (nSPS) is 13.8. The zero-order chi connectivity index (χ0) is 15.2. The van der Waals surface area contributed by atoms with E-state index in [0.29, 0.717) is 0 Å². The van der Waals surface area contributed by atoms with Crippen LogP contribution in [-0.2, 0) is 11.2 Å². The molecule has 4 N–H and O–H groups in total. The lowest BCUT2D eigenvalue weighted by Gasteiger charge is -2.28. The van der Waals surface area contributed by atoms with Crippen molar-refractivity contribution in [3.05, 3.63) is 35.9 Å². The number of nitrogens with zero attached hydrogens (tertiary/aromatic N) is 1. The van der Waals surface area contributed by atoms with E-state index < -0.39 is 5.92 Å². The predicted molar refractivity (Wildman–Crippen MR) is 79.6 cm³/mol. The van der Waals surface area contributed by atoms with Gasteiger partial charge in [-0.05, 0) is 39.2 Å². The van der Waals surface area contributed by atoms with Crippen molar-refractivity contribution in [2.24, 2.45) is 16.8 Å². The fraction of sp³-hybridized carbons (Fsp3) is 0.467. The van der Waals surface area contributed by atoms with Crippen LogP contribution in [0.1, 0.15) is 32.8 Å². The Balaban J connectivity index is 2.55. The van der Waals surface area contributed by atoms with E-state index in [2.05, 4.69) is 22.6 Å². The van der Waals surface area contributed by atoms with Crippen molar-refractivity contribution in [3.63, 3.8) is 0 Å². The van der Waals surface area contributed by atoms with Gasteiger partial charge in [0.15, 0.2) is 5.84 Å². The number of amidine groups is 1. The summed E-state index contributed by atoms with van der Waals surface area (Å²) in [5.74, 6) is -0.962. The molecule has 1 aromatic rings. The summed E-state index contributed by atoms with van der Waals surface area (Å²) in [7, 11) is 0. The van der Waals surface area contributed by atoms with Gasteiger partial charge in [0.1, 0.15) is 0 Å². The molecular formula is C15H23N3O2. The van der Waals surface area contributed by atoms with Crippen LogP contribution in [0.2, 0.25) is 0 Å². The second-order valence-electron chi connectivity index (χ2n) is 5.61. The molecule has 1 rings (SSSR count). The molecule has 0 spiro atoms. The molecule has 1 aromatic carbocycles. The van der Waals surface area contributed by atoms with E-state index in [1.165, 1.54) is 5.56 Å². The number of benzene rings is 1. The summed E-state index contributed by atoms with van der Waals surface area (Å²) in [5, 5.41) is 14.4. The maximum Gasteiger partial charge on any atom is 0.230 e. The van der Waals surface area contributed by atoms with Crippen LogP contribution in [0.15, 0.2) is 35.5 Å². The van der Waals surface area contributed by atoms with Gasteiger partial charge in [-0.1, -0.05) is 35.5 Å². The van der Waals surface area contributed by atoms with Crippen molar-refractivity contribution in [2.45, 2.75) is 39.2 Å². The van der Waals surface area contributed by atoms with Gasteiger partial charge >= 0.3 is 0 Å². The summed E-state index contributed by atoms with van der Waals surface area (Å²) in [6, 6.07) is 10.1. The number of hydrogen-bond acceptors (Lipinski definition) is 3. The Hall–Kier alpha value is -2.04. The summed E-state index contributed by atoms with van der Waals surface area (Å²) < 4.78 is 0. The third-order valence-electron chi connectivity index (χ3n) is 3.30. The lowest BCUT2D eigenvalue weighted by molar-refractivity contribution is -0.124. The molecule has 1 atom stereocenters. The largest absolute Gasteiger partial charge is 0.409 e. The molecule has 0 aliphatic carbocycles. The quantitative estimate of drug-likeness (QED) is 0.321. The third-order valence-corrected chi connectivity index (χ3v) is 3.30. The van der Waals surface area contributed by atoms with Gasteiger partial charge in [0.25, 0.3) is 0 Å². The van der Waals surface area contributed by atoms with E-state index in [0.717, 1.165) is 12.8 Å². The van der Waals surface area contributed by atoms with Gasteiger partial charge in [0.2, 0.25) is 5.91 Å². The van der Waals surface area contributed by atoms with Gasteiger partial charge in [-0.2, -0.15) is 0 Å². The second kappa shape index (κ2) is 6.93. The van der Waals surface area contributed by atoms with Gasteiger partial charge in [0.05, 0.1) is 5.92 Å². The van der Waals surface area contributed by atoms with Gasteiger partial charge in [-0.25, -0.2) is 0 Å². The standard InChI is InChI=1S/C15H23N3O2/c1-11(13(16)18-20)14(19)17-15(2,3)10-9-12-7-5-4-6-8-12/h4-8,11,20H,9-10H2,1-3H3,(H2,16,18)(H,17,19). The van der Waals surface area contributed by atoms with Crippen LogP contribution in [0.4, 0.5) is 0 Å². The van der Waals surface area contributed by atoms with Crippen LogP contribution in [0.5, 0.6) is 0 Å². The molecule has 0 saturated heterocycles. The van der Waals surface area contributed by atoms with Crippen molar-refractivity contribution in [3.8, 4) is 0 Å². The van der Waals surface area contributed by atoms with E-state index >= 15 is 0 Å². The molecule has 1 unspecified atom stereocenters. The number of rotatable bonds is 6. The molecule has 0 bridgehead atoms. The number of aryl methyl sites for hydroxylation is 1. The van der Waals surface area contributed by atoms with E-state index in [1.807, 2.05) is 32.0 Å². The molecule has 0 saturated carbocycles. The fourth-order valence-corrected chi connectivity index (χ4v) is 1.83. The van der Waals surface area contributed by atoms with Crippen LogP contribution in [-0.4, -0.2) is 22.5 Å². The van der Waals surface area contributed by atoms with Crippen LogP contribution in [0.25, 0.3) is 0 Å². The van der Waals surface area contributed by atoms with Crippen LogP contribution < -0.4 is 11.1 Å². The Labute approximate surface area is 119 Å². The molecule has 0 aliphatic heterocycles. The average molecular weight is 277 g/mol. The van der Waals surface area contributed by atoms with Gasteiger partial charge in [0, 0.05) is 5.54 Å². The zero-order valence-electron chi connectivity index (χ0n) is 12.3. The van der Waals surface area contributed by atoms with Crippen LogP contribution in [0, 0.1) is 5.92 Å². The number of nitrogens with two attached hydrogens (primary N) is 1. The molecule has 5 heteroatoms. The molecule has 0 radical (unpaired) electrons. The second-order valence-corrected chi connectivity index (χ2v) is 5.61. The predicted octanol–water partition coefficient (Wildman–Crippen LogP) is 1.90. The molecule has 0 fully saturated rings. The van der Waals surface area contributed by atoms with E-state index in [1.54, 1.807) is 6.92 Å². The summed E-state index contributed by atoms with van der Waals surface area (Å²) in [4.78, 5) is 12.0. The van der Waals surface area contributed by atoms with Gasteiger partial charge in [-0.15, -0.1) is 0 Å². The molecule has 0 heterocycles. The molecule has 0 aliphatic rings. The maximum atomic E-state index is 12.0. The minimum atomic E-state index is -0.643. The first-order valence-electron chi connectivity index (χ1n) is 6.69. The van der Waals surface area contributed by atoms with Crippen molar-refractivity contribution in [2.75, 3.05) is 0 Å². The first-order chi connectivity index (χ1) is 9.35. The molecule has 20 heavy (non-hydrogen) atoms. The Morgan fingerprint density at radius 3 is 2.55 bits per heavy atom. The maximum absolute atomic E-state index is 12.0. The van der Waals surface area contributed by atoms with E-state index in [9.17, 15) is 4.79 Å². The van der Waals surface area contributed by atoms with Crippen molar-refractivity contribution in [1.29, 1.82) is 0 Å². The highest BCUT2D eigenvalue weighted by atomic mass is 16.4. The van der Waals surface area contributed by atoms with Crippen molar-refractivity contribution in [1.82, 2.24) is 5.32 Å². The Morgan fingerprint density at radius 1 is 1.40 bits per heavy atom. The summed E-state index contributed by atoms with van der Waals surface area (Å²) in [6.45, 7) is 5.54. The van der Waals surface area contributed by atoms with Crippen molar-refractivity contribution >= 4 is 11.7 Å². The fourth-order valence-electron chi connectivity index (χ4n) is 1.83.